The molecule has 0 saturated carbocycles. The van der Waals surface area contributed by atoms with Crippen LogP contribution in [0.15, 0.2) is 34.0 Å². The number of hydrogen-bond donors (Lipinski definition) is 2. The van der Waals surface area contributed by atoms with Gasteiger partial charge in [0.15, 0.2) is 0 Å². The molecule has 1 unspecified atom stereocenters. The number of carbonyl (C=O) groups excluding carboxylic acids is 1. The molecule has 0 aliphatic carbocycles. The summed E-state index contributed by atoms with van der Waals surface area (Å²) in [5.74, 6) is -0.162. The van der Waals surface area contributed by atoms with Gasteiger partial charge in [-0.3, -0.25) is 14.2 Å². The molecule has 1 aliphatic heterocycles. The first-order valence-electron chi connectivity index (χ1n) is 8.23. The number of fused-ring (bicyclic) bond motifs is 1. The molecular formula is C17H19ClN4O2S2. The second-order valence-electron chi connectivity index (χ2n) is 6.08. The van der Waals surface area contributed by atoms with Gasteiger partial charge in [0.25, 0.3) is 5.56 Å². The van der Waals surface area contributed by atoms with Crippen molar-refractivity contribution in [3.8, 4) is 10.4 Å². The lowest BCUT2D eigenvalue weighted by Crippen LogP contribution is -2.39. The molecular weight excluding hydrogens is 392 g/mol. The van der Waals surface area contributed by atoms with Crippen molar-refractivity contribution in [2.75, 3.05) is 13.1 Å². The lowest BCUT2D eigenvalue weighted by molar-refractivity contribution is -0.121. The molecule has 1 saturated heterocycles. The van der Waals surface area contributed by atoms with Gasteiger partial charge in [0.1, 0.15) is 11.4 Å². The molecule has 4 heterocycles. The molecule has 1 atom stereocenters. The Morgan fingerprint density at radius 2 is 2.31 bits per heavy atom. The number of nitrogens with one attached hydrogen (secondary N) is 2. The van der Waals surface area contributed by atoms with E-state index >= 15 is 0 Å². The monoisotopic (exact) mass is 410 g/mol. The molecule has 1 aliphatic rings. The van der Waals surface area contributed by atoms with Crippen LogP contribution in [0.3, 0.4) is 0 Å². The van der Waals surface area contributed by atoms with Crippen LogP contribution in [0.25, 0.3) is 20.7 Å². The minimum atomic E-state index is -0.163. The molecule has 2 N–H and O–H groups in total. The van der Waals surface area contributed by atoms with Crippen LogP contribution in [0.5, 0.6) is 0 Å². The van der Waals surface area contributed by atoms with E-state index in [4.69, 9.17) is 0 Å². The SMILES string of the molecule is Cl.O=C(Cn1cnc2scc(-c3cccs3)c2c1=O)NCC1CCCN1. The summed E-state index contributed by atoms with van der Waals surface area (Å²) in [4.78, 5) is 31.1. The van der Waals surface area contributed by atoms with Crippen LogP contribution in [-0.4, -0.2) is 34.6 Å². The minimum Gasteiger partial charge on any atom is -0.353 e. The summed E-state index contributed by atoms with van der Waals surface area (Å²) in [6.07, 6.45) is 3.68. The highest BCUT2D eigenvalue weighted by Gasteiger charge is 2.17. The topological polar surface area (TPSA) is 76.0 Å². The number of hydrogen-bond acceptors (Lipinski definition) is 6. The van der Waals surface area contributed by atoms with Gasteiger partial charge >= 0.3 is 0 Å². The number of aromatic nitrogens is 2. The Labute approximate surface area is 164 Å². The van der Waals surface area contributed by atoms with E-state index in [2.05, 4.69) is 15.6 Å². The summed E-state index contributed by atoms with van der Waals surface area (Å²) >= 11 is 3.05. The first-order chi connectivity index (χ1) is 12.2. The number of thiophene rings is 2. The second-order valence-corrected chi connectivity index (χ2v) is 7.89. The summed E-state index contributed by atoms with van der Waals surface area (Å²) in [6.45, 7) is 1.60. The Kier molecular flexibility index (Phi) is 6.08. The number of nitrogens with zero attached hydrogens (tertiary/aromatic N) is 2. The smallest absolute Gasteiger partial charge is 0.263 e. The summed E-state index contributed by atoms with van der Waals surface area (Å²) < 4.78 is 1.39. The van der Waals surface area contributed by atoms with Gasteiger partial charge in [-0.15, -0.1) is 35.1 Å². The summed E-state index contributed by atoms with van der Waals surface area (Å²) in [5.41, 5.74) is 0.737. The van der Waals surface area contributed by atoms with Crippen LogP contribution >= 0.6 is 35.1 Å². The molecule has 1 amide bonds. The van der Waals surface area contributed by atoms with Crippen molar-refractivity contribution >= 4 is 51.2 Å². The largest absolute Gasteiger partial charge is 0.353 e. The van der Waals surface area contributed by atoms with E-state index in [0.717, 1.165) is 29.8 Å². The van der Waals surface area contributed by atoms with Gasteiger partial charge < -0.3 is 10.6 Å². The fourth-order valence-corrected chi connectivity index (χ4v) is 4.79. The molecule has 6 nitrogen and oxygen atoms in total. The molecule has 3 aromatic rings. The predicted octanol–water partition coefficient (Wildman–Crippen LogP) is 2.48. The van der Waals surface area contributed by atoms with E-state index in [0.29, 0.717) is 22.8 Å². The van der Waals surface area contributed by atoms with Crippen molar-refractivity contribution in [2.24, 2.45) is 0 Å². The molecule has 3 aromatic heterocycles. The zero-order valence-electron chi connectivity index (χ0n) is 13.9. The minimum absolute atomic E-state index is 0. The predicted molar refractivity (Wildman–Crippen MR) is 108 cm³/mol. The average molecular weight is 411 g/mol. The van der Waals surface area contributed by atoms with Crippen LogP contribution in [0, 0.1) is 0 Å². The number of halogens is 1. The Balaban J connectivity index is 0.00000196. The van der Waals surface area contributed by atoms with Crippen molar-refractivity contribution in [3.05, 3.63) is 39.6 Å². The Bertz CT molecular complexity index is 945. The fraction of sp³-hybridized carbons (Fsp3) is 0.353. The lowest BCUT2D eigenvalue weighted by atomic mass is 10.2. The van der Waals surface area contributed by atoms with E-state index in [9.17, 15) is 9.59 Å². The first kappa shape index (κ1) is 19.0. The van der Waals surface area contributed by atoms with E-state index in [-0.39, 0.29) is 30.4 Å². The Hall–Kier alpha value is -1.74. The molecule has 4 rings (SSSR count). The second kappa shape index (κ2) is 8.30. The first-order valence-corrected chi connectivity index (χ1v) is 9.99. The van der Waals surface area contributed by atoms with E-state index in [1.54, 1.807) is 11.3 Å². The zero-order valence-corrected chi connectivity index (χ0v) is 16.4. The van der Waals surface area contributed by atoms with Crippen molar-refractivity contribution in [1.82, 2.24) is 20.2 Å². The maximum Gasteiger partial charge on any atom is 0.263 e. The van der Waals surface area contributed by atoms with E-state index < -0.39 is 0 Å². The quantitative estimate of drug-likeness (QED) is 0.677. The van der Waals surface area contributed by atoms with Crippen LogP contribution in [-0.2, 0) is 11.3 Å². The highest BCUT2D eigenvalue weighted by molar-refractivity contribution is 7.18. The number of carbonyl (C=O) groups is 1. The molecule has 26 heavy (non-hydrogen) atoms. The molecule has 9 heteroatoms. The van der Waals surface area contributed by atoms with Crippen molar-refractivity contribution < 1.29 is 4.79 Å². The van der Waals surface area contributed by atoms with Gasteiger partial charge in [0.2, 0.25) is 5.91 Å². The van der Waals surface area contributed by atoms with Crippen molar-refractivity contribution in [1.29, 1.82) is 0 Å². The Morgan fingerprint density at radius 3 is 3.04 bits per heavy atom. The lowest BCUT2D eigenvalue weighted by Gasteiger charge is -2.12. The van der Waals surface area contributed by atoms with Crippen LogP contribution in [0.4, 0.5) is 0 Å². The van der Waals surface area contributed by atoms with Crippen molar-refractivity contribution in [2.45, 2.75) is 25.4 Å². The maximum absolute atomic E-state index is 12.8. The van der Waals surface area contributed by atoms with Gasteiger partial charge in [-0.1, -0.05) is 6.07 Å². The van der Waals surface area contributed by atoms with E-state index in [1.807, 2.05) is 22.9 Å². The zero-order chi connectivity index (χ0) is 17.2. The summed E-state index contributed by atoms with van der Waals surface area (Å²) in [5, 5.41) is 10.8. The molecule has 138 valence electrons. The van der Waals surface area contributed by atoms with Crippen LogP contribution < -0.4 is 16.2 Å². The van der Waals surface area contributed by atoms with Crippen LogP contribution in [0.2, 0.25) is 0 Å². The average Bonchev–Trinajstić information content (AvgIpc) is 3.36. The molecule has 0 spiro atoms. The Morgan fingerprint density at radius 1 is 1.42 bits per heavy atom. The molecule has 0 aromatic carbocycles. The normalized spacial score (nSPS) is 16.5. The highest BCUT2D eigenvalue weighted by atomic mass is 35.5. The number of amides is 1. The van der Waals surface area contributed by atoms with Crippen LogP contribution in [0.1, 0.15) is 12.8 Å². The molecule has 0 bridgehead atoms. The fourth-order valence-electron chi connectivity index (χ4n) is 3.07. The summed E-state index contributed by atoms with van der Waals surface area (Å²) in [7, 11) is 0. The molecule has 1 fully saturated rings. The third-order valence-electron chi connectivity index (χ3n) is 4.37. The van der Waals surface area contributed by atoms with E-state index in [1.165, 1.54) is 22.2 Å². The highest BCUT2D eigenvalue weighted by Crippen LogP contribution is 2.33. The third kappa shape index (κ3) is 3.83. The molecule has 0 radical (unpaired) electrons. The summed E-state index contributed by atoms with van der Waals surface area (Å²) in [6, 6.07) is 4.29. The number of rotatable bonds is 5. The van der Waals surface area contributed by atoms with Gasteiger partial charge in [-0.25, -0.2) is 4.98 Å². The third-order valence-corrected chi connectivity index (χ3v) is 6.16. The van der Waals surface area contributed by atoms with Crippen molar-refractivity contribution in [3.63, 3.8) is 0 Å². The maximum atomic E-state index is 12.8. The van der Waals surface area contributed by atoms with Gasteiger partial charge in [0, 0.05) is 28.4 Å². The standard InChI is InChI=1S/C17H18N4O2S2.ClH/c22-14(19-7-11-3-1-5-18-11)8-21-10-20-16-15(17(21)23)12(9-25-16)13-4-2-6-24-13;/h2,4,6,9-11,18H,1,3,5,7-8H2,(H,19,22);1H. The van der Waals surface area contributed by atoms with Gasteiger partial charge in [0.05, 0.1) is 11.7 Å². The van der Waals surface area contributed by atoms with Gasteiger partial charge in [-0.05, 0) is 30.8 Å². The van der Waals surface area contributed by atoms with Gasteiger partial charge in [-0.2, -0.15) is 0 Å².